The van der Waals surface area contributed by atoms with Crippen LogP contribution in [0.4, 0.5) is 5.00 Å². The number of anilines is 1. The zero-order valence-corrected chi connectivity index (χ0v) is 18.8. The van der Waals surface area contributed by atoms with Crippen LogP contribution >= 0.6 is 11.3 Å². The van der Waals surface area contributed by atoms with Crippen LogP contribution < -0.4 is 5.32 Å². The van der Waals surface area contributed by atoms with Gasteiger partial charge in [0, 0.05) is 27.1 Å². The molecule has 1 heterocycles. The van der Waals surface area contributed by atoms with Crippen LogP contribution in [-0.4, -0.2) is 30.0 Å². The highest BCUT2D eigenvalue weighted by Gasteiger charge is 2.33. The summed E-state index contributed by atoms with van der Waals surface area (Å²) in [7, 11) is 0. The molecule has 34 heavy (non-hydrogen) atoms. The monoisotopic (exact) mass is 470 g/mol. The van der Waals surface area contributed by atoms with Gasteiger partial charge in [-0.1, -0.05) is 36.4 Å². The second-order valence-electron chi connectivity index (χ2n) is 8.08. The van der Waals surface area contributed by atoms with E-state index in [-0.39, 0.29) is 33.6 Å². The summed E-state index contributed by atoms with van der Waals surface area (Å²) in [4.78, 5) is 52.3. The second-order valence-corrected chi connectivity index (χ2v) is 9.19. The zero-order valence-electron chi connectivity index (χ0n) is 18.0. The molecule has 1 aromatic heterocycles. The maximum absolute atomic E-state index is 13.1. The van der Waals surface area contributed by atoms with E-state index in [4.69, 9.17) is 4.74 Å². The molecule has 2 aliphatic rings. The van der Waals surface area contributed by atoms with Gasteiger partial charge in [0.15, 0.2) is 18.2 Å². The molecule has 3 aromatic rings. The van der Waals surface area contributed by atoms with E-state index < -0.39 is 24.3 Å². The number of esters is 1. The molecule has 0 bridgehead atoms. The molecule has 0 saturated heterocycles. The fraction of sp³-hybridized carbons (Fsp3) is 0.192. The highest BCUT2D eigenvalue weighted by Crippen LogP contribution is 2.37. The third-order valence-corrected chi connectivity index (χ3v) is 7.25. The maximum Gasteiger partial charge on any atom is 0.339 e. The largest absolute Gasteiger partial charge is 0.452 e. The summed E-state index contributed by atoms with van der Waals surface area (Å²) in [6, 6.07) is 13.0. The number of carbonyl (C=O) groups is 4. The summed E-state index contributed by atoms with van der Waals surface area (Å²) in [5.74, 6) is -2.24. The molecular formula is C26H18N2O5S. The fourth-order valence-corrected chi connectivity index (χ4v) is 5.71. The smallest absolute Gasteiger partial charge is 0.339 e. The van der Waals surface area contributed by atoms with Crippen LogP contribution in [-0.2, 0) is 22.4 Å². The van der Waals surface area contributed by atoms with E-state index in [9.17, 15) is 24.4 Å². The van der Waals surface area contributed by atoms with Crippen molar-refractivity contribution in [1.82, 2.24) is 0 Å². The van der Waals surface area contributed by atoms with Crippen molar-refractivity contribution in [2.45, 2.75) is 25.7 Å². The molecule has 7 nitrogen and oxygen atoms in total. The predicted molar refractivity (Wildman–Crippen MR) is 124 cm³/mol. The number of fused-ring (bicyclic) bond motifs is 3. The van der Waals surface area contributed by atoms with Crippen LogP contribution in [0.3, 0.4) is 0 Å². The average Bonchev–Trinajstić information content (AvgIpc) is 3.22. The number of nitriles is 1. The Balaban J connectivity index is 1.33. The third kappa shape index (κ3) is 3.60. The normalized spacial score (nSPS) is 13.9. The summed E-state index contributed by atoms with van der Waals surface area (Å²) >= 11 is 1.38. The van der Waals surface area contributed by atoms with E-state index in [1.54, 1.807) is 24.3 Å². The first-order valence-corrected chi connectivity index (χ1v) is 11.6. The molecule has 0 aliphatic heterocycles. The van der Waals surface area contributed by atoms with Gasteiger partial charge in [0.05, 0.1) is 11.1 Å². The van der Waals surface area contributed by atoms with Gasteiger partial charge in [-0.3, -0.25) is 14.4 Å². The van der Waals surface area contributed by atoms with Crippen LogP contribution in [0.15, 0.2) is 42.5 Å². The van der Waals surface area contributed by atoms with E-state index in [1.807, 2.05) is 0 Å². The SMILES string of the molecule is N#Cc1c(NC(=O)COC(=O)c2cccc3c2C(=O)c2ccccc2C3=O)sc2c1CCCC2. The zero-order chi connectivity index (χ0) is 23.8. The van der Waals surface area contributed by atoms with Gasteiger partial charge in [-0.15, -0.1) is 11.3 Å². The first-order valence-electron chi connectivity index (χ1n) is 10.8. The number of hydrogen-bond acceptors (Lipinski definition) is 7. The van der Waals surface area contributed by atoms with E-state index in [0.717, 1.165) is 36.1 Å². The first-order chi connectivity index (χ1) is 16.5. The Hall–Kier alpha value is -4.09. The van der Waals surface area contributed by atoms with Crippen LogP contribution in [0.5, 0.6) is 0 Å². The predicted octanol–water partition coefficient (Wildman–Crippen LogP) is 4.07. The van der Waals surface area contributed by atoms with E-state index >= 15 is 0 Å². The molecule has 8 heteroatoms. The van der Waals surface area contributed by atoms with Crippen molar-refractivity contribution in [3.05, 3.63) is 86.3 Å². The van der Waals surface area contributed by atoms with Crippen molar-refractivity contribution in [1.29, 1.82) is 5.26 Å². The molecule has 5 rings (SSSR count). The minimum Gasteiger partial charge on any atom is -0.452 e. The Bertz CT molecular complexity index is 1430. The molecule has 0 spiro atoms. The van der Waals surface area contributed by atoms with Gasteiger partial charge in [0.2, 0.25) is 0 Å². The topological polar surface area (TPSA) is 113 Å². The minimum atomic E-state index is -0.876. The van der Waals surface area contributed by atoms with Gasteiger partial charge < -0.3 is 10.1 Å². The lowest BCUT2D eigenvalue weighted by Gasteiger charge is -2.19. The van der Waals surface area contributed by atoms with Crippen LogP contribution in [0.25, 0.3) is 0 Å². The number of thiophene rings is 1. The number of hydrogen-bond donors (Lipinski definition) is 1. The van der Waals surface area contributed by atoms with Crippen molar-refractivity contribution < 1.29 is 23.9 Å². The van der Waals surface area contributed by atoms with E-state index in [2.05, 4.69) is 11.4 Å². The highest BCUT2D eigenvalue weighted by atomic mass is 32.1. The number of aryl methyl sites for hydroxylation is 1. The van der Waals surface area contributed by atoms with Crippen molar-refractivity contribution in [2.75, 3.05) is 11.9 Å². The lowest BCUT2D eigenvalue weighted by Crippen LogP contribution is -2.26. The molecule has 0 unspecified atom stereocenters. The molecule has 0 atom stereocenters. The van der Waals surface area contributed by atoms with Gasteiger partial charge in [0.25, 0.3) is 5.91 Å². The van der Waals surface area contributed by atoms with Crippen molar-refractivity contribution >= 4 is 39.8 Å². The summed E-state index contributed by atoms with van der Waals surface area (Å²) < 4.78 is 5.18. The molecular weight excluding hydrogens is 452 g/mol. The van der Waals surface area contributed by atoms with Gasteiger partial charge in [-0.2, -0.15) is 5.26 Å². The van der Waals surface area contributed by atoms with Crippen molar-refractivity contribution in [2.24, 2.45) is 0 Å². The molecule has 1 N–H and O–H groups in total. The van der Waals surface area contributed by atoms with Crippen LogP contribution in [0.1, 0.15) is 71.0 Å². The molecule has 0 saturated carbocycles. The van der Waals surface area contributed by atoms with Gasteiger partial charge in [-0.25, -0.2) is 4.79 Å². The molecule has 0 radical (unpaired) electrons. The number of amides is 1. The van der Waals surface area contributed by atoms with E-state index in [1.165, 1.54) is 29.5 Å². The average molecular weight is 471 g/mol. The minimum absolute atomic E-state index is 0.0192. The van der Waals surface area contributed by atoms with Crippen molar-refractivity contribution in [3.8, 4) is 6.07 Å². The van der Waals surface area contributed by atoms with E-state index in [0.29, 0.717) is 10.6 Å². The summed E-state index contributed by atoms with van der Waals surface area (Å²) in [6.45, 7) is -0.589. The van der Waals surface area contributed by atoms with Gasteiger partial charge in [0.1, 0.15) is 11.1 Å². The number of nitrogens with zero attached hydrogens (tertiary/aromatic N) is 1. The summed E-state index contributed by atoms with van der Waals surface area (Å²) in [5.41, 5.74) is 2.02. The quantitative estimate of drug-likeness (QED) is 0.450. The number of nitrogens with one attached hydrogen (secondary N) is 1. The lowest BCUT2D eigenvalue weighted by molar-refractivity contribution is -0.119. The van der Waals surface area contributed by atoms with Crippen LogP contribution in [0.2, 0.25) is 0 Å². The standard InChI is InChI=1S/C26H18N2O5S/c27-12-19-14-6-3-4-11-20(14)34-25(19)28-21(29)13-33-26(32)18-10-5-9-17-22(18)24(31)16-8-2-1-7-15(16)23(17)30/h1-2,5,7-10H,3-4,6,11,13H2,(H,28,29). The second kappa shape index (κ2) is 8.69. The molecule has 1 amide bonds. The number of carbonyl (C=O) groups excluding carboxylic acids is 4. The van der Waals surface area contributed by atoms with Gasteiger partial charge in [-0.05, 0) is 37.3 Å². The maximum atomic E-state index is 13.1. The van der Waals surface area contributed by atoms with Crippen LogP contribution in [0, 0.1) is 11.3 Å². The number of ether oxygens (including phenoxy) is 1. The number of rotatable bonds is 4. The Labute approximate surface area is 199 Å². The van der Waals surface area contributed by atoms with Gasteiger partial charge >= 0.3 is 5.97 Å². The lowest BCUT2D eigenvalue weighted by atomic mass is 9.82. The fourth-order valence-electron chi connectivity index (χ4n) is 4.46. The Morgan fingerprint density at radius 1 is 0.971 bits per heavy atom. The van der Waals surface area contributed by atoms with Crippen molar-refractivity contribution in [3.63, 3.8) is 0 Å². The molecule has 0 fully saturated rings. The molecule has 168 valence electrons. The summed E-state index contributed by atoms with van der Waals surface area (Å²) in [5, 5.41) is 12.7. The first kappa shape index (κ1) is 21.7. The number of benzene rings is 2. The summed E-state index contributed by atoms with van der Waals surface area (Å²) in [6.07, 6.45) is 3.76. The number of ketones is 2. The molecule has 2 aliphatic carbocycles. The molecule has 2 aromatic carbocycles. The highest BCUT2D eigenvalue weighted by molar-refractivity contribution is 7.16. The Morgan fingerprint density at radius 2 is 1.68 bits per heavy atom. The Kier molecular flexibility index (Phi) is 5.56. The Morgan fingerprint density at radius 3 is 2.44 bits per heavy atom. The third-order valence-electron chi connectivity index (χ3n) is 6.04.